The molecule has 3 heterocycles. The summed E-state index contributed by atoms with van der Waals surface area (Å²) < 4.78 is 4.27. The van der Waals surface area contributed by atoms with Crippen molar-refractivity contribution in [1.82, 2.24) is 29.1 Å². The molecule has 12 heteroatoms. The standard InChI is InChI=1S/C21H24ClN9O2/c1-29-17-18(26-20(29)25-15-7-4-8-16(15)27-28-23)30(2)21(33)31(19(17)32)10-11-9-12-13(22)5-3-6-14(12)24-11/h3,5-6,9,15-16,24H,4,7-8,10H2,1-2H3,(H2,23,27)(H,25,26)/t15-,16+/m1/s1. The Balaban J connectivity index is 1.56. The molecule has 0 spiro atoms. The van der Waals surface area contributed by atoms with Crippen LogP contribution in [0.15, 0.2) is 39.1 Å². The number of halogens is 1. The van der Waals surface area contributed by atoms with Gasteiger partial charge in [0.1, 0.15) is 0 Å². The number of aromatic nitrogens is 5. The molecule has 0 amide bonds. The number of benzene rings is 1. The quantitative estimate of drug-likeness (QED) is 0.254. The van der Waals surface area contributed by atoms with E-state index in [-0.39, 0.29) is 18.6 Å². The summed E-state index contributed by atoms with van der Waals surface area (Å²) in [5.41, 5.74) is 11.2. The second-order valence-electron chi connectivity index (χ2n) is 8.42. The summed E-state index contributed by atoms with van der Waals surface area (Å²) in [6, 6.07) is 7.42. The number of hydrogen-bond acceptors (Lipinski definition) is 6. The number of aryl methyl sites for hydroxylation is 2. The largest absolute Gasteiger partial charge is 0.357 e. The van der Waals surface area contributed by atoms with E-state index in [1.165, 1.54) is 9.13 Å². The molecule has 5 rings (SSSR count). The maximum absolute atomic E-state index is 13.4. The average Bonchev–Trinajstić information content (AvgIpc) is 3.49. The molecule has 0 bridgehead atoms. The maximum Gasteiger partial charge on any atom is 0.332 e. The highest BCUT2D eigenvalue weighted by Crippen LogP contribution is 2.25. The third kappa shape index (κ3) is 3.48. The first-order valence-electron chi connectivity index (χ1n) is 10.7. The Morgan fingerprint density at radius 2 is 2.03 bits per heavy atom. The number of anilines is 1. The fraction of sp³-hybridized carbons (Fsp3) is 0.381. The van der Waals surface area contributed by atoms with E-state index in [1.807, 2.05) is 18.2 Å². The van der Waals surface area contributed by atoms with Gasteiger partial charge in [-0.1, -0.05) is 22.9 Å². The minimum absolute atomic E-state index is 0.0108. The fourth-order valence-electron chi connectivity index (χ4n) is 4.68. The molecule has 0 unspecified atom stereocenters. The number of imidazole rings is 1. The van der Waals surface area contributed by atoms with Gasteiger partial charge < -0.3 is 14.9 Å². The van der Waals surface area contributed by atoms with Gasteiger partial charge in [-0.05, 0) is 37.5 Å². The molecule has 1 fully saturated rings. The first-order chi connectivity index (χ1) is 15.9. The molecule has 0 aliphatic heterocycles. The zero-order valence-electron chi connectivity index (χ0n) is 18.2. The Bertz CT molecular complexity index is 1500. The number of rotatable bonds is 6. The Morgan fingerprint density at radius 1 is 1.24 bits per heavy atom. The van der Waals surface area contributed by atoms with Crippen LogP contribution >= 0.6 is 11.6 Å². The van der Waals surface area contributed by atoms with Gasteiger partial charge in [-0.3, -0.25) is 19.4 Å². The van der Waals surface area contributed by atoms with Gasteiger partial charge in [0.05, 0.1) is 18.6 Å². The van der Waals surface area contributed by atoms with Crippen LogP contribution in [0.3, 0.4) is 0 Å². The van der Waals surface area contributed by atoms with Gasteiger partial charge in [-0.2, -0.15) is 10.5 Å². The van der Waals surface area contributed by atoms with Crippen molar-refractivity contribution >= 4 is 39.6 Å². The van der Waals surface area contributed by atoms with Gasteiger partial charge in [0.15, 0.2) is 11.2 Å². The Hall–Kier alpha value is -3.60. The van der Waals surface area contributed by atoms with Gasteiger partial charge in [0, 0.05) is 35.7 Å². The Kier molecular flexibility index (Phi) is 5.20. The summed E-state index contributed by atoms with van der Waals surface area (Å²) in [6.07, 6.45) is 2.78. The van der Waals surface area contributed by atoms with E-state index < -0.39 is 11.2 Å². The lowest BCUT2D eigenvalue weighted by molar-refractivity contribution is 0.485. The van der Waals surface area contributed by atoms with Gasteiger partial charge >= 0.3 is 5.69 Å². The predicted molar refractivity (Wildman–Crippen MR) is 126 cm³/mol. The number of aromatic amines is 1. The molecule has 0 radical (unpaired) electrons. The predicted octanol–water partition coefficient (Wildman–Crippen LogP) is 2.49. The molecular weight excluding hydrogens is 446 g/mol. The number of fused-ring (bicyclic) bond motifs is 2. The molecular formula is C21H24ClN9O2. The van der Waals surface area contributed by atoms with Crippen LogP contribution in [0.4, 0.5) is 5.95 Å². The molecule has 4 N–H and O–H groups in total. The normalized spacial score (nSPS) is 18.3. The molecule has 1 aromatic carbocycles. The highest BCUT2D eigenvalue weighted by Gasteiger charge is 2.29. The van der Waals surface area contributed by atoms with E-state index in [1.54, 1.807) is 24.7 Å². The summed E-state index contributed by atoms with van der Waals surface area (Å²) in [5, 5.41) is 8.11. The van der Waals surface area contributed by atoms with Gasteiger partial charge in [-0.25, -0.2) is 4.79 Å². The summed E-state index contributed by atoms with van der Waals surface area (Å²) >= 11 is 6.27. The summed E-state index contributed by atoms with van der Waals surface area (Å²) in [5.74, 6) is 0.496. The van der Waals surface area contributed by atoms with Crippen molar-refractivity contribution in [3.8, 4) is 0 Å². The zero-order chi connectivity index (χ0) is 23.3. The second-order valence-corrected chi connectivity index (χ2v) is 8.83. The summed E-state index contributed by atoms with van der Waals surface area (Å²) in [7, 11) is 3.36. The molecule has 3 aromatic heterocycles. The van der Waals surface area contributed by atoms with Crippen molar-refractivity contribution in [1.29, 1.82) is 5.53 Å². The van der Waals surface area contributed by atoms with Gasteiger partial charge in [0.25, 0.3) is 5.56 Å². The number of hydrogen-bond donors (Lipinski definition) is 4. The monoisotopic (exact) mass is 469 g/mol. The van der Waals surface area contributed by atoms with Crippen molar-refractivity contribution < 1.29 is 0 Å². The molecule has 2 atom stereocenters. The topological polar surface area (TPSA) is 138 Å². The first kappa shape index (κ1) is 21.3. The summed E-state index contributed by atoms with van der Waals surface area (Å²) in [4.78, 5) is 34.3. The molecule has 1 saturated carbocycles. The van der Waals surface area contributed by atoms with Crippen molar-refractivity contribution in [2.75, 3.05) is 5.32 Å². The SMILES string of the molecule is Cn1c(N[C@@H]2CCC[C@@H]2NN=N)nc2c1c(=O)n(Cc1cc3c(Cl)cccc3[nH]1)c(=O)n2C. The van der Waals surface area contributed by atoms with E-state index in [0.29, 0.717) is 27.8 Å². The van der Waals surface area contributed by atoms with Crippen LogP contribution in [0.2, 0.25) is 5.02 Å². The van der Waals surface area contributed by atoms with Crippen LogP contribution in [-0.4, -0.2) is 35.8 Å². The minimum Gasteiger partial charge on any atom is -0.357 e. The molecule has 4 aromatic rings. The number of nitrogens with zero attached hydrogens (tertiary/aromatic N) is 5. The fourth-order valence-corrected chi connectivity index (χ4v) is 4.91. The van der Waals surface area contributed by atoms with Crippen LogP contribution in [0.5, 0.6) is 0 Å². The van der Waals surface area contributed by atoms with Crippen molar-refractivity contribution in [2.24, 2.45) is 19.3 Å². The Labute approximate surface area is 192 Å². The van der Waals surface area contributed by atoms with Crippen LogP contribution in [0, 0.1) is 5.53 Å². The zero-order valence-corrected chi connectivity index (χ0v) is 19.0. The van der Waals surface area contributed by atoms with Crippen LogP contribution in [0.25, 0.3) is 22.1 Å². The number of H-pyrrole nitrogens is 1. The van der Waals surface area contributed by atoms with Crippen molar-refractivity contribution in [2.45, 2.75) is 37.9 Å². The van der Waals surface area contributed by atoms with E-state index in [9.17, 15) is 9.59 Å². The molecule has 1 aliphatic carbocycles. The average molecular weight is 470 g/mol. The van der Waals surface area contributed by atoms with E-state index >= 15 is 0 Å². The Morgan fingerprint density at radius 3 is 2.79 bits per heavy atom. The third-order valence-electron chi connectivity index (χ3n) is 6.42. The smallest absolute Gasteiger partial charge is 0.332 e. The molecule has 0 saturated heterocycles. The highest BCUT2D eigenvalue weighted by molar-refractivity contribution is 6.35. The lowest BCUT2D eigenvalue weighted by Gasteiger charge is -2.20. The van der Waals surface area contributed by atoms with E-state index in [0.717, 1.165) is 30.2 Å². The van der Waals surface area contributed by atoms with Crippen molar-refractivity contribution in [3.05, 3.63) is 55.8 Å². The van der Waals surface area contributed by atoms with Crippen LogP contribution in [-0.2, 0) is 20.6 Å². The minimum atomic E-state index is -0.449. The highest BCUT2D eigenvalue weighted by atomic mass is 35.5. The van der Waals surface area contributed by atoms with Gasteiger partial charge in [0.2, 0.25) is 5.95 Å². The van der Waals surface area contributed by atoms with Crippen LogP contribution < -0.4 is 22.0 Å². The molecule has 11 nitrogen and oxygen atoms in total. The van der Waals surface area contributed by atoms with Crippen molar-refractivity contribution in [3.63, 3.8) is 0 Å². The van der Waals surface area contributed by atoms with Gasteiger partial charge in [-0.15, -0.1) is 0 Å². The lowest BCUT2D eigenvalue weighted by Crippen LogP contribution is -2.40. The van der Waals surface area contributed by atoms with Crippen LogP contribution in [0.1, 0.15) is 25.0 Å². The maximum atomic E-state index is 13.4. The molecule has 33 heavy (non-hydrogen) atoms. The molecule has 172 valence electrons. The second kappa shape index (κ2) is 8.07. The first-order valence-corrected chi connectivity index (χ1v) is 11.1. The number of nitrogens with one attached hydrogen (secondary N) is 4. The summed E-state index contributed by atoms with van der Waals surface area (Å²) in [6.45, 7) is 0.0834. The van der Waals surface area contributed by atoms with E-state index in [2.05, 4.69) is 25.9 Å². The third-order valence-corrected chi connectivity index (χ3v) is 6.75. The molecule has 1 aliphatic rings. The lowest BCUT2D eigenvalue weighted by atomic mass is 10.2. The van der Waals surface area contributed by atoms with E-state index in [4.69, 9.17) is 17.1 Å².